The van der Waals surface area contributed by atoms with Gasteiger partial charge in [0.2, 0.25) is 5.89 Å². The van der Waals surface area contributed by atoms with E-state index in [0.29, 0.717) is 5.89 Å². The summed E-state index contributed by atoms with van der Waals surface area (Å²) in [6.45, 7) is 0. The average Bonchev–Trinajstić information content (AvgIpc) is 3.81. The molecule has 2 aromatic heterocycles. The SMILES string of the molecule is c1ccc(-c2ccc(N(c3ccc(-c4cccc5ccccc45)cc3)c3ccc4c(c3)oc3ccc5nc(-c6ccccc6)oc5c34)cc2)cc1. The predicted molar refractivity (Wildman–Crippen MR) is 210 cm³/mol. The van der Waals surface area contributed by atoms with Crippen LogP contribution in [0.25, 0.3) is 77.5 Å². The van der Waals surface area contributed by atoms with Gasteiger partial charge in [-0.3, -0.25) is 0 Å². The van der Waals surface area contributed by atoms with Gasteiger partial charge in [-0.25, -0.2) is 4.98 Å². The molecule has 0 aliphatic carbocycles. The van der Waals surface area contributed by atoms with Crippen molar-refractivity contribution in [3.63, 3.8) is 0 Å². The standard InChI is InChI=1S/C47H30N2O2/c1-3-10-31(11-4-1)32-18-22-36(23-19-32)49(37-24-20-34(21-25-37)40-17-9-15-33-12-7-8-16-39(33)40)38-26-27-41-44(30-38)50-43-29-28-42-46(45(41)43)51-47(48-42)35-13-5-2-6-14-35/h1-30H. The largest absolute Gasteiger partial charge is 0.456 e. The Morgan fingerprint density at radius 3 is 1.80 bits per heavy atom. The van der Waals surface area contributed by atoms with Crippen molar-refractivity contribution in [3.8, 4) is 33.7 Å². The fraction of sp³-hybridized carbons (Fsp3) is 0. The van der Waals surface area contributed by atoms with Gasteiger partial charge in [-0.1, -0.05) is 115 Å². The second kappa shape index (κ2) is 11.9. The van der Waals surface area contributed by atoms with Crippen LogP contribution >= 0.6 is 0 Å². The molecule has 0 unspecified atom stereocenters. The van der Waals surface area contributed by atoms with Crippen molar-refractivity contribution in [1.29, 1.82) is 0 Å². The molecule has 240 valence electrons. The van der Waals surface area contributed by atoms with E-state index in [1.165, 1.54) is 33.0 Å². The van der Waals surface area contributed by atoms with Gasteiger partial charge in [0.05, 0.1) is 5.39 Å². The highest BCUT2D eigenvalue weighted by molar-refractivity contribution is 6.17. The average molecular weight is 655 g/mol. The lowest BCUT2D eigenvalue weighted by atomic mass is 9.98. The molecule has 0 N–H and O–H groups in total. The maximum absolute atomic E-state index is 6.52. The monoisotopic (exact) mass is 654 g/mol. The predicted octanol–water partition coefficient (Wildman–Crippen LogP) is 13.4. The van der Waals surface area contributed by atoms with Gasteiger partial charge < -0.3 is 13.7 Å². The van der Waals surface area contributed by atoms with Crippen molar-refractivity contribution >= 4 is 60.9 Å². The van der Waals surface area contributed by atoms with E-state index in [-0.39, 0.29) is 0 Å². The molecule has 4 nitrogen and oxygen atoms in total. The summed E-state index contributed by atoms with van der Waals surface area (Å²) in [5.41, 5.74) is 11.9. The number of fused-ring (bicyclic) bond motifs is 6. The van der Waals surface area contributed by atoms with Gasteiger partial charge in [0.1, 0.15) is 16.7 Å². The Labute approximate surface area is 294 Å². The molecule has 2 heterocycles. The van der Waals surface area contributed by atoms with Gasteiger partial charge in [-0.05, 0) is 93.7 Å². The van der Waals surface area contributed by atoms with E-state index in [9.17, 15) is 0 Å². The van der Waals surface area contributed by atoms with E-state index in [1.54, 1.807) is 0 Å². The summed E-state index contributed by atoms with van der Waals surface area (Å²) in [7, 11) is 0. The fourth-order valence-corrected chi connectivity index (χ4v) is 7.23. The molecule has 51 heavy (non-hydrogen) atoms. The van der Waals surface area contributed by atoms with Gasteiger partial charge in [0.25, 0.3) is 0 Å². The highest BCUT2D eigenvalue weighted by Crippen LogP contribution is 2.42. The molecule has 0 saturated carbocycles. The number of hydrogen-bond acceptors (Lipinski definition) is 4. The molecule has 0 atom stereocenters. The Morgan fingerprint density at radius 1 is 0.412 bits per heavy atom. The fourth-order valence-electron chi connectivity index (χ4n) is 7.23. The number of benzene rings is 8. The number of nitrogens with zero attached hydrogens (tertiary/aromatic N) is 2. The molecular formula is C47H30N2O2. The van der Waals surface area contributed by atoms with E-state index >= 15 is 0 Å². The van der Waals surface area contributed by atoms with E-state index in [4.69, 9.17) is 13.8 Å². The Hall–Kier alpha value is -6.91. The molecule has 0 saturated heterocycles. The third-order valence-electron chi connectivity index (χ3n) is 9.71. The number of rotatable bonds is 6. The van der Waals surface area contributed by atoms with E-state index in [1.807, 2.05) is 48.5 Å². The Bertz CT molecular complexity index is 2830. The van der Waals surface area contributed by atoms with Crippen LogP contribution in [0.4, 0.5) is 17.1 Å². The Morgan fingerprint density at radius 2 is 1.04 bits per heavy atom. The maximum Gasteiger partial charge on any atom is 0.227 e. The Balaban J connectivity index is 1.10. The topological polar surface area (TPSA) is 42.4 Å². The summed E-state index contributed by atoms with van der Waals surface area (Å²) in [5, 5.41) is 4.40. The van der Waals surface area contributed by atoms with Crippen LogP contribution < -0.4 is 4.90 Å². The van der Waals surface area contributed by atoms with Gasteiger partial charge in [0.15, 0.2) is 5.58 Å². The zero-order valence-electron chi connectivity index (χ0n) is 27.5. The minimum Gasteiger partial charge on any atom is -0.456 e. The van der Waals surface area contributed by atoms with Gasteiger partial charge in [0, 0.05) is 34.1 Å². The first kappa shape index (κ1) is 29.0. The molecule has 0 spiro atoms. The molecule has 0 aliphatic heterocycles. The summed E-state index contributed by atoms with van der Waals surface area (Å²) in [5.74, 6) is 0.598. The normalized spacial score (nSPS) is 11.5. The first-order valence-electron chi connectivity index (χ1n) is 17.1. The molecule has 8 aromatic carbocycles. The van der Waals surface area contributed by atoms with Crippen LogP contribution in [0.15, 0.2) is 191 Å². The van der Waals surface area contributed by atoms with Gasteiger partial charge in [-0.15, -0.1) is 0 Å². The number of aromatic nitrogens is 1. The number of hydrogen-bond donors (Lipinski definition) is 0. The molecule has 10 rings (SSSR count). The van der Waals surface area contributed by atoms with Crippen LogP contribution in [-0.4, -0.2) is 4.98 Å². The van der Waals surface area contributed by atoms with Crippen LogP contribution in [0.1, 0.15) is 0 Å². The van der Waals surface area contributed by atoms with Crippen molar-refractivity contribution < 1.29 is 8.83 Å². The summed E-state index contributed by atoms with van der Waals surface area (Å²) in [6.07, 6.45) is 0. The lowest BCUT2D eigenvalue weighted by molar-refractivity contribution is 0.622. The van der Waals surface area contributed by atoms with Crippen molar-refractivity contribution in [1.82, 2.24) is 4.98 Å². The lowest BCUT2D eigenvalue weighted by Crippen LogP contribution is -2.09. The first-order chi connectivity index (χ1) is 25.3. The van der Waals surface area contributed by atoms with Gasteiger partial charge in [-0.2, -0.15) is 0 Å². The van der Waals surface area contributed by atoms with Crippen molar-refractivity contribution in [3.05, 3.63) is 182 Å². The second-order valence-electron chi connectivity index (χ2n) is 12.8. The molecule has 4 heteroatoms. The molecule has 0 amide bonds. The number of oxazole rings is 1. The minimum absolute atomic E-state index is 0.598. The van der Waals surface area contributed by atoms with Gasteiger partial charge >= 0.3 is 0 Å². The summed E-state index contributed by atoms with van der Waals surface area (Å²) >= 11 is 0. The molecule has 0 bridgehead atoms. The van der Waals surface area contributed by atoms with Crippen LogP contribution in [0.3, 0.4) is 0 Å². The Kier molecular flexibility index (Phi) is 6.78. The quantitative estimate of drug-likeness (QED) is 0.179. The van der Waals surface area contributed by atoms with Crippen LogP contribution in [0, 0.1) is 0 Å². The highest BCUT2D eigenvalue weighted by Gasteiger charge is 2.20. The zero-order chi connectivity index (χ0) is 33.7. The molecule has 10 aromatic rings. The van der Waals surface area contributed by atoms with Crippen molar-refractivity contribution in [2.24, 2.45) is 0 Å². The zero-order valence-corrected chi connectivity index (χ0v) is 27.5. The first-order valence-corrected chi connectivity index (χ1v) is 17.1. The van der Waals surface area contributed by atoms with Crippen LogP contribution in [0.5, 0.6) is 0 Å². The van der Waals surface area contributed by atoms with E-state index in [0.717, 1.165) is 55.7 Å². The van der Waals surface area contributed by atoms with Crippen molar-refractivity contribution in [2.45, 2.75) is 0 Å². The van der Waals surface area contributed by atoms with Crippen LogP contribution in [-0.2, 0) is 0 Å². The van der Waals surface area contributed by atoms with E-state index < -0.39 is 0 Å². The molecule has 0 radical (unpaired) electrons. The minimum atomic E-state index is 0.598. The third kappa shape index (κ3) is 5.04. The number of anilines is 3. The molecular weight excluding hydrogens is 625 g/mol. The summed E-state index contributed by atoms with van der Waals surface area (Å²) < 4.78 is 12.9. The number of furan rings is 1. The molecule has 0 fully saturated rings. The highest BCUT2D eigenvalue weighted by atomic mass is 16.4. The van der Waals surface area contributed by atoms with Crippen LogP contribution in [0.2, 0.25) is 0 Å². The summed E-state index contributed by atoms with van der Waals surface area (Å²) in [4.78, 5) is 7.09. The smallest absolute Gasteiger partial charge is 0.227 e. The summed E-state index contributed by atoms with van der Waals surface area (Å²) in [6, 6.07) is 63.5. The lowest BCUT2D eigenvalue weighted by Gasteiger charge is -2.26. The van der Waals surface area contributed by atoms with Crippen molar-refractivity contribution in [2.75, 3.05) is 4.90 Å². The third-order valence-corrected chi connectivity index (χ3v) is 9.71. The maximum atomic E-state index is 6.52. The van der Waals surface area contributed by atoms with E-state index in [2.05, 4.69) is 138 Å². The second-order valence-corrected chi connectivity index (χ2v) is 12.8. The molecule has 0 aliphatic rings.